The van der Waals surface area contributed by atoms with Crippen molar-refractivity contribution in [2.45, 2.75) is 40.5 Å². The molecule has 0 bridgehead atoms. The number of nitrogens with zero attached hydrogens (tertiary/aromatic N) is 3. The van der Waals surface area contributed by atoms with Crippen LogP contribution in [0.3, 0.4) is 0 Å². The summed E-state index contributed by atoms with van der Waals surface area (Å²) in [4.78, 5) is 42.9. The summed E-state index contributed by atoms with van der Waals surface area (Å²) in [5, 5.41) is 0. The third-order valence-electron chi connectivity index (χ3n) is 5.46. The third kappa shape index (κ3) is 5.89. The first-order chi connectivity index (χ1) is 13.3. The van der Waals surface area contributed by atoms with Gasteiger partial charge in [-0.25, -0.2) is 0 Å². The van der Waals surface area contributed by atoms with Crippen LogP contribution in [0.2, 0.25) is 0 Å². The predicted molar refractivity (Wildman–Crippen MR) is 110 cm³/mol. The maximum Gasteiger partial charge on any atom is 0.236 e. The lowest BCUT2D eigenvalue weighted by Crippen LogP contribution is -2.51. The normalized spacial score (nSPS) is 14.8. The third-order valence-corrected chi connectivity index (χ3v) is 5.46. The van der Waals surface area contributed by atoms with Gasteiger partial charge in [0.05, 0.1) is 6.54 Å². The Morgan fingerprint density at radius 2 is 1.61 bits per heavy atom. The zero-order valence-corrected chi connectivity index (χ0v) is 17.7. The average Bonchev–Trinajstić information content (AvgIpc) is 2.69. The number of Topliss-reactive ketones (excluding diaryl/α,β-unsaturated/α-hetero) is 1. The minimum atomic E-state index is 0.0216. The largest absolute Gasteiger partial charge is 0.342 e. The van der Waals surface area contributed by atoms with Crippen LogP contribution in [0.4, 0.5) is 0 Å². The van der Waals surface area contributed by atoms with Crippen LogP contribution in [0.5, 0.6) is 0 Å². The molecule has 0 aromatic heterocycles. The molecule has 0 N–H and O–H groups in total. The molecule has 6 nitrogen and oxygen atoms in total. The van der Waals surface area contributed by atoms with Gasteiger partial charge in [0.25, 0.3) is 0 Å². The molecule has 1 fully saturated rings. The number of piperazine rings is 1. The number of hydrogen-bond acceptors (Lipinski definition) is 4. The molecule has 1 heterocycles. The van der Waals surface area contributed by atoms with Crippen molar-refractivity contribution < 1.29 is 14.4 Å². The maximum absolute atomic E-state index is 12.5. The van der Waals surface area contributed by atoms with Gasteiger partial charge in [-0.15, -0.1) is 0 Å². The highest BCUT2D eigenvalue weighted by Crippen LogP contribution is 2.15. The highest BCUT2D eigenvalue weighted by atomic mass is 16.2. The van der Waals surface area contributed by atoms with Crippen LogP contribution >= 0.6 is 0 Å². The average molecular weight is 388 g/mol. The standard InChI is InChI=1S/C22H33N3O3/c1-5-24(6-2)22(28)16-23-11-13-25(14-12-23)21(27)10-9-20(26)19-15-17(3)7-8-18(19)4/h7-8,15H,5-6,9-14,16H2,1-4H3. The molecule has 1 saturated heterocycles. The molecule has 0 spiro atoms. The SMILES string of the molecule is CCN(CC)C(=O)CN1CCN(C(=O)CCC(=O)c2cc(C)ccc2C)CC1. The van der Waals surface area contributed by atoms with E-state index in [-0.39, 0.29) is 30.4 Å². The molecule has 2 amide bonds. The molecule has 28 heavy (non-hydrogen) atoms. The van der Waals surface area contributed by atoms with Gasteiger partial charge >= 0.3 is 0 Å². The lowest BCUT2D eigenvalue weighted by atomic mass is 9.99. The quantitative estimate of drug-likeness (QED) is 0.642. The minimum Gasteiger partial charge on any atom is -0.342 e. The number of likely N-dealkylation sites (N-methyl/N-ethyl adjacent to an activating group) is 1. The summed E-state index contributed by atoms with van der Waals surface area (Å²) < 4.78 is 0. The van der Waals surface area contributed by atoms with Crippen LogP contribution in [0.15, 0.2) is 18.2 Å². The molecule has 0 atom stereocenters. The van der Waals surface area contributed by atoms with Crippen molar-refractivity contribution in [2.75, 3.05) is 45.8 Å². The molecule has 0 unspecified atom stereocenters. The maximum atomic E-state index is 12.5. The van der Waals surface area contributed by atoms with Crippen LogP contribution in [-0.4, -0.2) is 78.1 Å². The Balaban J connectivity index is 1.78. The van der Waals surface area contributed by atoms with Gasteiger partial charge in [-0.3, -0.25) is 19.3 Å². The minimum absolute atomic E-state index is 0.0216. The number of rotatable bonds is 8. The smallest absolute Gasteiger partial charge is 0.236 e. The molecule has 154 valence electrons. The predicted octanol–water partition coefficient (Wildman–Crippen LogP) is 2.28. The van der Waals surface area contributed by atoms with Gasteiger partial charge in [0.1, 0.15) is 0 Å². The van der Waals surface area contributed by atoms with Gasteiger partial charge in [-0.1, -0.05) is 17.7 Å². The highest BCUT2D eigenvalue weighted by Gasteiger charge is 2.24. The van der Waals surface area contributed by atoms with E-state index < -0.39 is 0 Å². The number of carbonyl (C=O) groups is 3. The molecule has 6 heteroatoms. The molecule has 0 radical (unpaired) electrons. The van der Waals surface area contributed by atoms with E-state index in [1.807, 2.05) is 55.7 Å². The molecule has 1 aliphatic heterocycles. The number of carbonyl (C=O) groups excluding carboxylic acids is 3. The van der Waals surface area contributed by atoms with E-state index in [0.29, 0.717) is 38.3 Å². The van der Waals surface area contributed by atoms with Gasteiger partial charge in [0.2, 0.25) is 11.8 Å². The Kier molecular flexibility index (Phi) is 8.18. The lowest BCUT2D eigenvalue weighted by Gasteiger charge is -2.35. The summed E-state index contributed by atoms with van der Waals surface area (Å²) in [6.45, 7) is 12.3. The van der Waals surface area contributed by atoms with Crippen LogP contribution in [0.25, 0.3) is 0 Å². The van der Waals surface area contributed by atoms with Crippen molar-refractivity contribution in [1.82, 2.24) is 14.7 Å². The molecule has 1 aromatic rings. The lowest BCUT2D eigenvalue weighted by molar-refractivity contribution is -0.135. The van der Waals surface area contributed by atoms with Gasteiger partial charge in [0.15, 0.2) is 5.78 Å². The molecule has 0 aliphatic carbocycles. The van der Waals surface area contributed by atoms with E-state index >= 15 is 0 Å². The van der Waals surface area contributed by atoms with Crippen LogP contribution < -0.4 is 0 Å². The number of benzene rings is 1. The monoisotopic (exact) mass is 387 g/mol. The topological polar surface area (TPSA) is 60.9 Å². The van der Waals surface area contributed by atoms with E-state index in [4.69, 9.17) is 0 Å². The Labute approximate surface area is 168 Å². The fourth-order valence-electron chi connectivity index (χ4n) is 3.57. The highest BCUT2D eigenvalue weighted by molar-refractivity contribution is 5.99. The van der Waals surface area contributed by atoms with E-state index in [1.54, 1.807) is 0 Å². The second kappa shape index (κ2) is 10.4. The summed E-state index contributed by atoms with van der Waals surface area (Å²) >= 11 is 0. The van der Waals surface area contributed by atoms with Gasteiger partial charge in [-0.2, -0.15) is 0 Å². The summed E-state index contributed by atoms with van der Waals surface area (Å²) in [7, 11) is 0. The second-order valence-electron chi connectivity index (χ2n) is 7.46. The Hall–Kier alpha value is -2.21. The summed E-state index contributed by atoms with van der Waals surface area (Å²) in [6, 6.07) is 5.83. The molecular weight excluding hydrogens is 354 g/mol. The van der Waals surface area contributed by atoms with Gasteiger partial charge in [-0.05, 0) is 39.3 Å². The Bertz CT molecular complexity index is 705. The summed E-state index contributed by atoms with van der Waals surface area (Å²) in [5.41, 5.74) is 2.72. The fourth-order valence-corrected chi connectivity index (χ4v) is 3.57. The van der Waals surface area contributed by atoms with Crippen molar-refractivity contribution in [3.05, 3.63) is 34.9 Å². The fraction of sp³-hybridized carbons (Fsp3) is 0.591. The second-order valence-corrected chi connectivity index (χ2v) is 7.46. The van der Waals surface area contributed by atoms with E-state index in [0.717, 1.165) is 24.2 Å². The Morgan fingerprint density at radius 3 is 2.21 bits per heavy atom. The Morgan fingerprint density at radius 1 is 0.964 bits per heavy atom. The first kappa shape index (κ1) is 22.1. The number of ketones is 1. The van der Waals surface area contributed by atoms with Gasteiger partial charge < -0.3 is 9.80 Å². The van der Waals surface area contributed by atoms with Crippen LogP contribution in [-0.2, 0) is 9.59 Å². The number of hydrogen-bond donors (Lipinski definition) is 0. The van der Waals surface area contributed by atoms with Crippen molar-refractivity contribution in [3.8, 4) is 0 Å². The molecular formula is C22H33N3O3. The summed E-state index contributed by atoms with van der Waals surface area (Å²) in [5.74, 6) is 0.190. The zero-order valence-electron chi connectivity index (χ0n) is 17.7. The molecule has 2 rings (SSSR count). The number of amides is 2. The zero-order chi connectivity index (χ0) is 20.7. The van der Waals surface area contributed by atoms with Crippen molar-refractivity contribution in [1.29, 1.82) is 0 Å². The van der Waals surface area contributed by atoms with Crippen molar-refractivity contribution in [2.24, 2.45) is 0 Å². The van der Waals surface area contributed by atoms with Crippen LogP contribution in [0, 0.1) is 13.8 Å². The molecule has 1 aromatic carbocycles. The van der Waals surface area contributed by atoms with Crippen molar-refractivity contribution >= 4 is 17.6 Å². The molecule has 1 aliphatic rings. The van der Waals surface area contributed by atoms with Gasteiger partial charge in [0, 0.05) is 57.7 Å². The van der Waals surface area contributed by atoms with Crippen LogP contribution in [0.1, 0.15) is 48.2 Å². The number of aryl methyl sites for hydroxylation is 2. The van der Waals surface area contributed by atoms with E-state index in [1.165, 1.54) is 0 Å². The van der Waals surface area contributed by atoms with E-state index in [9.17, 15) is 14.4 Å². The first-order valence-electron chi connectivity index (χ1n) is 10.2. The molecule has 0 saturated carbocycles. The van der Waals surface area contributed by atoms with E-state index in [2.05, 4.69) is 4.90 Å². The summed E-state index contributed by atoms with van der Waals surface area (Å²) in [6.07, 6.45) is 0.481. The first-order valence-corrected chi connectivity index (χ1v) is 10.2. The van der Waals surface area contributed by atoms with Crippen molar-refractivity contribution in [3.63, 3.8) is 0 Å².